The average Bonchev–Trinajstić information content (AvgIpc) is 1.14. The molecule has 5 heterocycles. The fourth-order valence-corrected chi connectivity index (χ4v) is 19.7. The summed E-state index contributed by atoms with van der Waals surface area (Å²) in [4.78, 5) is 38.4. The third kappa shape index (κ3) is 31.1. The van der Waals surface area contributed by atoms with E-state index in [1.807, 2.05) is 121 Å². The van der Waals surface area contributed by atoms with Crippen LogP contribution in [0.5, 0.6) is 28.7 Å². The second-order valence-corrected chi connectivity index (χ2v) is 42.9. The minimum atomic E-state index is -4.90. The van der Waals surface area contributed by atoms with Crippen LogP contribution in [0.4, 0.5) is 45.2 Å². The molecule has 7 N–H and O–H groups in total. The standard InChI is InChI=1S/C19H16O2S.C18H15NO2S.C17H14N2O2S.C14H14N2O5S2.C13H9Cl2F3O3.2C11H5Cl2F3O3.Na/c1-22(20,21)17-13-11-16(12-14-17)19-10-6-5-9-18(19)15-7-3-2-4-8-15;19-22(20,21)16-12-10-15(11-13-16)18-9-5-4-8-17(18)14-6-2-1-3-7-14;18-22(20,21)15-10-8-13(9-11-15)16-7-4-12-19-17(16)14-5-2-1-3-6-14;1-22(17,18)16-12-7-10-9-15-23(19,20)14(10)8-13(12)21-11-5-3-2-4-6-11;1-2-20-12(19)8-4-6-3-7(14)5-9(15)10(6)21-11(8)13(16,17)18;2*12-5-1-4-2-6(10(17)18)9(11(14,15)16)19-8(4)7(13)3-5;/h2-14H,1H3;1-13H,(H2,19,20,21);1-12H,(H2,18,20,21);2-8,15-16H,9H2,1H3;3-5,11H,2H2,1H3;2*1-3,9H,(H,17,18);/q;;;;;;;+1/p-1/t;;;;11-;2*9-;/m....000./s1. The predicted molar refractivity (Wildman–Crippen MR) is 545 cm³/mol. The number of aliphatic carboxylic acids is 2. The summed E-state index contributed by atoms with van der Waals surface area (Å²) in [5.41, 5.74) is 10.7. The van der Waals surface area contributed by atoms with Crippen molar-refractivity contribution in [3.8, 4) is 95.6 Å². The van der Waals surface area contributed by atoms with E-state index in [1.165, 1.54) is 86.0 Å². The first-order valence-corrected chi connectivity index (χ1v) is 53.3. The third-order valence-corrected chi connectivity index (χ3v) is 27.7. The summed E-state index contributed by atoms with van der Waals surface area (Å²) < 4.78 is 260. The molecule has 25 nitrogen and oxygen atoms in total. The predicted octanol–water partition coefficient (Wildman–Crippen LogP) is 20.3. The Morgan fingerprint density at radius 1 is 0.456 bits per heavy atom. The maximum absolute atomic E-state index is 13.1. The Morgan fingerprint density at radius 2 is 0.792 bits per heavy atom. The molecule has 0 fully saturated rings. The first-order valence-electron chi connectivity index (χ1n) is 42.7. The van der Waals surface area contributed by atoms with Gasteiger partial charge < -0.3 is 38.7 Å². The SMILES string of the molecule is CCOC(=O)C1=Cc2cc(Cl)cc(Cl)c2O[C@@H]1C(F)(F)F.CS(=O)(=O)Nc1cc2c(cc1Oc1ccccc1)S(=O)(=O)NC2.CS(=O)(=O)c1ccc(-c2ccccc2-c2ccccc2)cc1.NS(=O)(=O)c1ccc(-c2ccccc2-c2ccccc2)cc1.NS(=O)(=O)c1ccc(-c2cccnc2-c2ccccc2)cc1.O=C(O)C1=Cc2cc(Cl)cc(Cl)c2O[C@@H]1C(F)(F)F.O=C([O-])C1=Cc2cc(Cl)cc(Cl)c2O[C@@H]1C(F)(F)F.[Na+]. The van der Waals surface area contributed by atoms with Gasteiger partial charge in [-0.05, 0) is 178 Å². The number of nitrogens with one attached hydrogen (secondary N) is 2. The molecular formula is C103H77Cl6F9N5NaO20S5. The molecule has 0 radical (unpaired) electrons. The summed E-state index contributed by atoms with van der Waals surface area (Å²) >= 11 is 34.5. The Hall–Kier alpha value is -12.6. The number of hydrogen-bond acceptors (Lipinski definition) is 20. The molecule has 0 saturated heterocycles. The minimum Gasteiger partial charge on any atom is -0.545 e. The molecular weight excluding hydrogens is 2190 g/mol. The molecule has 1 aromatic heterocycles. The molecule has 0 amide bonds. The Bertz CT molecular complexity index is 7570. The molecule has 0 unspecified atom stereocenters. The number of alkyl halides is 9. The number of esters is 1. The van der Waals surface area contributed by atoms with Crippen LogP contribution < -0.4 is 73.3 Å². The largest absolute Gasteiger partial charge is 1.00 e. The fraction of sp³-hybridized carbons (Fsp3) is 0.107. The van der Waals surface area contributed by atoms with Gasteiger partial charge in [0.2, 0.25) is 58.4 Å². The van der Waals surface area contributed by atoms with Gasteiger partial charge in [-0.3, -0.25) is 9.71 Å². The molecule has 0 bridgehead atoms. The number of carboxylic acid groups (broad SMARTS) is 2. The quantitative estimate of drug-likeness (QED) is 0.0321. The molecule has 14 aromatic rings. The van der Waals surface area contributed by atoms with Crippen LogP contribution in [0.2, 0.25) is 30.1 Å². The average molecular weight is 2270 g/mol. The number of anilines is 1. The number of fused-ring (bicyclic) bond motifs is 4. The van der Waals surface area contributed by atoms with Gasteiger partial charge >= 0.3 is 60.0 Å². The molecule has 149 heavy (non-hydrogen) atoms. The number of aromatic nitrogens is 1. The van der Waals surface area contributed by atoms with Gasteiger partial charge in [-0.1, -0.05) is 270 Å². The van der Waals surface area contributed by atoms with E-state index in [9.17, 15) is 101 Å². The molecule has 46 heteroatoms. The molecule has 3 atom stereocenters. The zero-order valence-electron chi connectivity index (χ0n) is 77.3. The van der Waals surface area contributed by atoms with Crippen molar-refractivity contribution in [3.63, 3.8) is 0 Å². The van der Waals surface area contributed by atoms with Gasteiger partial charge in [0, 0.05) is 73.5 Å². The fourth-order valence-electron chi connectivity index (χ4n) is 14.6. The van der Waals surface area contributed by atoms with E-state index in [0.29, 0.717) is 16.2 Å². The van der Waals surface area contributed by atoms with Crippen molar-refractivity contribution in [2.24, 2.45) is 10.3 Å². The first-order chi connectivity index (χ1) is 69.5. The van der Waals surface area contributed by atoms with Crippen LogP contribution in [0.25, 0.3) is 85.1 Å². The van der Waals surface area contributed by atoms with E-state index in [4.69, 9.17) is 99.2 Å². The van der Waals surface area contributed by atoms with Crippen LogP contribution in [0.1, 0.15) is 29.2 Å². The minimum absolute atomic E-state index is 0. The monoisotopic (exact) mass is 2270 g/mol. The summed E-state index contributed by atoms with van der Waals surface area (Å²) in [7, 11) is -17.6. The van der Waals surface area contributed by atoms with Crippen LogP contribution >= 0.6 is 69.6 Å². The first kappa shape index (κ1) is 117. The second-order valence-electron chi connectivity index (χ2n) is 31.7. The topological polar surface area (TPSA) is 400 Å². The zero-order chi connectivity index (χ0) is 108. The number of sulfone groups is 1. The number of carboxylic acids is 2. The van der Waals surface area contributed by atoms with E-state index in [-0.39, 0.29) is 133 Å². The molecule has 13 aromatic carbocycles. The molecule has 0 saturated carbocycles. The van der Waals surface area contributed by atoms with Crippen LogP contribution in [0.3, 0.4) is 0 Å². The second kappa shape index (κ2) is 49.4. The van der Waals surface area contributed by atoms with Crippen molar-refractivity contribution in [2.45, 2.75) is 69.9 Å². The number of para-hydroxylation sites is 1. The molecule has 4 aliphatic heterocycles. The van der Waals surface area contributed by atoms with E-state index in [2.05, 4.69) is 66.4 Å². The number of nitrogens with zero attached hydrogens (tertiary/aromatic N) is 1. The van der Waals surface area contributed by atoms with Crippen molar-refractivity contribution in [1.82, 2.24) is 9.71 Å². The molecule has 18 rings (SSSR count). The normalized spacial score (nSPS) is 14.6. The summed E-state index contributed by atoms with van der Waals surface area (Å²) in [6.45, 7) is 1.55. The van der Waals surface area contributed by atoms with Gasteiger partial charge in [-0.15, -0.1) is 0 Å². The molecule has 0 aliphatic carbocycles. The Kier molecular flexibility index (Phi) is 38.7. The molecule has 4 aliphatic rings. The summed E-state index contributed by atoms with van der Waals surface area (Å²) in [5, 5.41) is 30.1. The van der Waals surface area contributed by atoms with E-state index < -0.39 is 121 Å². The number of nitrogens with two attached hydrogens (primary N) is 2. The summed E-state index contributed by atoms with van der Waals surface area (Å²) in [6.07, 6.45) is -15.5. The van der Waals surface area contributed by atoms with Crippen molar-refractivity contribution in [3.05, 3.63) is 379 Å². The summed E-state index contributed by atoms with van der Waals surface area (Å²) in [6, 6.07) is 89.3. The van der Waals surface area contributed by atoms with E-state index >= 15 is 0 Å². The number of benzene rings is 13. The maximum atomic E-state index is 13.1. The number of hydrogen-bond donors (Lipinski definition) is 5. The van der Waals surface area contributed by atoms with Gasteiger partial charge in [0.15, 0.2) is 15.6 Å². The van der Waals surface area contributed by atoms with Gasteiger partial charge in [0.25, 0.3) is 0 Å². The van der Waals surface area contributed by atoms with E-state index in [1.54, 1.807) is 72.9 Å². The Balaban J connectivity index is 0.000000165. The Labute approximate surface area is 900 Å². The number of rotatable bonds is 17. The van der Waals surface area contributed by atoms with Gasteiger partial charge in [0.1, 0.15) is 23.0 Å². The third-order valence-electron chi connectivity index (χ3n) is 21.1. The van der Waals surface area contributed by atoms with Crippen molar-refractivity contribution < 1.29 is 159 Å². The van der Waals surface area contributed by atoms with Crippen LogP contribution in [-0.2, 0) is 75.6 Å². The van der Waals surface area contributed by atoms with Crippen LogP contribution in [-0.4, -0.2) is 126 Å². The number of carbonyl (C=O) groups is 3. The number of primary sulfonamides is 2. The van der Waals surface area contributed by atoms with Crippen LogP contribution in [0.15, 0.2) is 346 Å². The van der Waals surface area contributed by atoms with Gasteiger partial charge in [0.05, 0.1) is 76.0 Å². The number of sulfonamides is 4. The van der Waals surface area contributed by atoms with Crippen molar-refractivity contribution >= 4 is 161 Å². The number of halogens is 15. The van der Waals surface area contributed by atoms with E-state index in [0.717, 1.165) is 91.4 Å². The van der Waals surface area contributed by atoms with Crippen LogP contribution in [0, 0.1) is 0 Å². The van der Waals surface area contributed by atoms with Crippen molar-refractivity contribution in [1.29, 1.82) is 0 Å². The number of ether oxygens (including phenoxy) is 5. The summed E-state index contributed by atoms with van der Waals surface area (Å²) in [5.74, 6) is -4.87. The number of pyridine rings is 1. The maximum Gasteiger partial charge on any atom is 1.00 e. The molecule has 0 spiro atoms. The zero-order valence-corrected chi connectivity index (χ0v) is 88.0. The molecule has 770 valence electrons. The van der Waals surface area contributed by atoms with Gasteiger partial charge in [-0.2, -0.15) is 39.5 Å². The van der Waals surface area contributed by atoms with Gasteiger partial charge in [-0.25, -0.2) is 66.7 Å². The van der Waals surface area contributed by atoms with Crippen molar-refractivity contribution in [2.75, 3.05) is 23.8 Å². The Morgan fingerprint density at radius 3 is 1.15 bits per heavy atom. The number of carbonyl (C=O) groups excluding carboxylic acids is 2. The smallest absolute Gasteiger partial charge is 0.545 e.